The number of fused-ring (bicyclic) bond motifs is 1. The summed E-state index contributed by atoms with van der Waals surface area (Å²) in [6.07, 6.45) is 3.63. The smallest absolute Gasteiger partial charge is 0.243 e. The first-order chi connectivity index (χ1) is 9.17. The molecule has 0 saturated carbocycles. The lowest BCUT2D eigenvalue weighted by molar-refractivity contribution is -0.120. The van der Waals surface area contributed by atoms with E-state index in [-0.39, 0.29) is 5.91 Å². The third kappa shape index (κ3) is 2.89. The highest BCUT2D eigenvalue weighted by Gasteiger charge is 2.26. The van der Waals surface area contributed by atoms with Crippen molar-refractivity contribution in [2.24, 2.45) is 5.73 Å². The van der Waals surface area contributed by atoms with Crippen LogP contribution in [0.4, 0.5) is 5.69 Å². The second-order valence-electron chi connectivity index (χ2n) is 4.98. The van der Waals surface area contributed by atoms with Crippen LogP contribution in [0.5, 0.6) is 5.75 Å². The van der Waals surface area contributed by atoms with Crippen LogP contribution < -0.4 is 15.4 Å². The molecule has 0 bridgehead atoms. The van der Waals surface area contributed by atoms with E-state index in [1.165, 1.54) is 5.56 Å². The van der Waals surface area contributed by atoms with E-state index in [1.54, 1.807) is 7.11 Å². The van der Waals surface area contributed by atoms with E-state index in [0.29, 0.717) is 0 Å². The molecule has 0 aromatic heterocycles. The van der Waals surface area contributed by atoms with Gasteiger partial charge >= 0.3 is 0 Å². The molecule has 2 N–H and O–H groups in total. The number of amides is 1. The molecule has 0 saturated heterocycles. The Labute approximate surface area is 114 Å². The predicted octanol–water partition coefficient (Wildman–Crippen LogP) is 2.10. The average Bonchev–Trinajstić information content (AvgIpc) is 2.45. The molecule has 4 heteroatoms. The van der Waals surface area contributed by atoms with E-state index in [0.717, 1.165) is 43.7 Å². The maximum Gasteiger partial charge on any atom is 0.243 e. The zero-order chi connectivity index (χ0) is 13.8. The van der Waals surface area contributed by atoms with Crippen LogP contribution in [0, 0.1) is 0 Å². The monoisotopic (exact) mass is 262 g/mol. The Balaban J connectivity index is 2.24. The van der Waals surface area contributed by atoms with Crippen LogP contribution in [-0.2, 0) is 11.2 Å². The van der Waals surface area contributed by atoms with Crippen LogP contribution in [0.1, 0.15) is 31.7 Å². The van der Waals surface area contributed by atoms with Gasteiger partial charge in [0.25, 0.3) is 0 Å². The first kappa shape index (κ1) is 13.9. The Morgan fingerprint density at radius 2 is 2.32 bits per heavy atom. The first-order valence-corrected chi connectivity index (χ1v) is 6.91. The Kier molecular flexibility index (Phi) is 4.43. The van der Waals surface area contributed by atoms with Crippen LogP contribution in [0.2, 0.25) is 0 Å². The highest BCUT2D eigenvalue weighted by molar-refractivity contribution is 5.98. The largest absolute Gasteiger partial charge is 0.497 e. The Hall–Kier alpha value is -1.55. The van der Waals surface area contributed by atoms with Crippen molar-refractivity contribution < 1.29 is 9.53 Å². The van der Waals surface area contributed by atoms with Gasteiger partial charge in [-0.25, -0.2) is 0 Å². The van der Waals surface area contributed by atoms with Gasteiger partial charge in [-0.1, -0.05) is 13.3 Å². The number of ether oxygens (including phenoxy) is 1. The lowest BCUT2D eigenvalue weighted by Crippen LogP contribution is -2.46. The molecule has 0 fully saturated rings. The second kappa shape index (κ2) is 6.06. The second-order valence-corrected chi connectivity index (χ2v) is 4.98. The third-order valence-corrected chi connectivity index (χ3v) is 3.59. The highest BCUT2D eigenvalue weighted by Crippen LogP contribution is 2.30. The molecule has 1 heterocycles. The summed E-state index contributed by atoms with van der Waals surface area (Å²) in [5, 5.41) is 0. The van der Waals surface area contributed by atoms with Crippen molar-refractivity contribution in [1.82, 2.24) is 0 Å². The van der Waals surface area contributed by atoms with E-state index in [1.807, 2.05) is 30.0 Å². The number of anilines is 1. The third-order valence-electron chi connectivity index (χ3n) is 3.59. The predicted molar refractivity (Wildman–Crippen MR) is 76.6 cm³/mol. The van der Waals surface area contributed by atoms with Crippen molar-refractivity contribution in [3.05, 3.63) is 23.8 Å². The summed E-state index contributed by atoms with van der Waals surface area (Å²) in [5.74, 6) is 0.874. The average molecular weight is 262 g/mol. The molecule has 2 rings (SSSR count). The molecule has 104 valence electrons. The van der Waals surface area contributed by atoms with Gasteiger partial charge in [0.15, 0.2) is 0 Å². The molecule has 0 spiro atoms. The van der Waals surface area contributed by atoms with Crippen molar-refractivity contribution in [2.45, 2.75) is 38.6 Å². The minimum absolute atomic E-state index is 0.0352. The summed E-state index contributed by atoms with van der Waals surface area (Å²) >= 11 is 0. The summed E-state index contributed by atoms with van der Waals surface area (Å²) in [5.41, 5.74) is 8.11. The molecule has 0 radical (unpaired) electrons. The van der Waals surface area contributed by atoms with E-state index in [9.17, 15) is 4.79 Å². The zero-order valence-electron chi connectivity index (χ0n) is 11.7. The van der Waals surface area contributed by atoms with Gasteiger partial charge in [0.05, 0.1) is 13.2 Å². The molecular weight excluding hydrogens is 240 g/mol. The Bertz CT molecular complexity index is 459. The molecule has 1 aromatic rings. The number of hydrogen-bond acceptors (Lipinski definition) is 3. The topological polar surface area (TPSA) is 55.6 Å². The Morgan fingerprint density at radius 3 is 3.00 bits per heavy atom. The lowest BCUT2D eigenvalue weighted by atomic mass is 10.00. The maximum absolute atomic E-state index is 12.4. The van der Waals surface area contributed by atoms with E-state index in [2.05, 4.69) is 0 Å². The minimum Gasteiger partial charge on any atom is -0.497 e. The van der Waals surface area contributed by atoms with Crippen LogP contribution in [0.3, 0.4) is 0 Å². The van der Waals surface area contributed by atoms with Crippen LogP contribution in [-0.4, -0.2) is 25.6 Å². The number of nitrogens with zero attached hydrogens (tertiary/aromatic N) is 1. The molecule has 1 atom stereocenters. The normalized spacial score (nSPS) is 15.8. The van der Waals surface area contributed by atoms with E-state index < -0.39 is 6.04 Å². The summed E-state index contributed by atoms with van der Waals surface area (Å²) in [7, 11) is 1.66. The van der Waals surface area contributed by atoms with Gasteiger partial charge in [0.2, 0.25) is 5.91 Å². The van der Waals surface area contributed by atoms with Crippen molar-refractivity contribution in [2.75, 3.05) is 18.6 Å². The van der Waals surface area contributed by atoms with Gasteiger partial charge in [-0.2, -0.15) is 0 Å². The van der Waals surface area contributed by atoms with Gasteiger partial charge in [-0.3, -0.25) is 4.79 Å². The number of benzene rings is 1. The number of carbonyl (C=O) groups excluding carboxylic acids is 1. The zero-order valence-corrected chi connectivity index (χ0v) is 11.7. The number of methoxy groups -OCH3 is 1. The molecule has 0 unspecified atom stereocenters. The SMILES string of the molecule is CCC[C@H](N)C(=O)N1CCCc2cc(OC)ccc21. The van der Waals surface area contributed by atoms with Gasteiger partial charge in [0.1, 0.15) is 5.75 Å². The fraction of sp³-hybridized carbons (Fsp3) is 0.533. The number of aryl methyl sites for hydroxylation is 1. The van der Waals surface area contributed by atoms with E-state index in [4.69, 9.17) is 10.5 Å². The van der Waals surface area contributed by atoms with Crippen molar-refractivity contribution >= 4 is 11.6 Å². The van der Waals surface area contributed by atoms with Gasteiger partial charge in [0, 0.05) is 12.2 Å². The lowest BCUT2D eigenvalue weighted by Gasteiger charge is -2.31. The molecule has 1 amide bonds. The van der Waals surface area contributed by atoms with E-state index >= 15 is 0 Å². The molecule has 4 nitrogen and oxygen atoms in total. The molecule has 0 aliphatic carbocycles. The molecule has 1 aliphatic rings. The molecule has 1 aromatic carbocycles. The standard InChI is InChI=1S/C15H22N2O2/c1-3-5-13(16)15(18)17-9-4-6-11-10-12(19-2)7-8-14(11)17/h7-8,10,13H,3-6,9,16H2,1-2H3/t13-/m0/s1. The van der Waals surface area contributed by atoms with Crippen LogP contribution >= 0.6 is 0 Å². The number of hydrogen-bond donors (Lipinski definition) is 1. The number of rotatable bonds is 4. The minimum atomic E-state index is -0.391. The number of carbonyl (C=O) groups is 1. The quantitative estimate of drug-likeness (QED) is 0.904. The summed E-state index contributed by atoms with van der Waals surface area (Å²) in [4.78, 5) is 14.2. The first-order valence-electron chi connectivity index (χ1n) is 6.91. The van der Waals surface area contributed by atoms with Crippen molar-refractivity contribution in [1.29, 1.82) is 0 Å². The van der Waals surface area contributed by atoms with Crippen molar-refractivity contribution in [3.8, 4) is 5.75 Å². The van der Waals surface area contributed by atoms with Crippen LogP contribution in [0.25, 0.3) is 0 Å². The van der Waals surface area contributed by atoms with Crippen LogP contribution in [0.15, 0.2) is 18.2 Å². The number of nitrogens with two attached hydrogens (primary N) is 1. The Morgan fingerprint density at radius 1 is 1.53 bits per heavy atom. The fourth-order valence-electron chi connectivity index (χ4n) is 2.56. The fourth-order valence-corrected chi connectivity index (χ4v) is 2.56. The van der Waals surface area contributed by atoms with Crippen molar-refractivity contribution in [3.63, 3.8) is 0 Å². The maximum atomic E-state index is 12.4. The van der Waals surface area contributed by atoms with Gasteiger partial charge < -0.3 is 15.4 Å². The summed E-state index contributed by atoms with van der Waals surface area (Å²) < 4.78 is 5.23. The summed E-state index contributed by atoms with van der Waals surface area (Å²) in [6.45, 7) is 2.80. The van der Waals surface area contributed by atoms with Gasteiger partial charge in [-0.05, 0) is 43.0 Å². The molecule has 19 heavy (non-hydrogen) atoms. The molecule has 1 aliphatic heterocycles. The summed E-state index contributed by atoms with van der Waals surface area (Å²) in [6, 6.07) is 5.48. The van der Waals surface area contributed by atoms with Gasteiger partial charge in [-0.15, -0.1) is 0 Å². The highest BCUT2D eigenvalue weighted by atomic mass is 16.5. The molecular formula is C15H22N2O2.